The number of ether oxygens (including phenoxy) is 2. The molecule has 5 nitrogen and oxygen atoms in total. The third kappa shape index (κ3) is 4.59. The first-order valence-corrected chi connectivity index (χ1v) is 8.41. The highest BCUT2D eigenvalue weighted by Crippen LogP contribution is 2.33. The molecule has 0 radical (unpaired) electrons. The lowest BCUT2D eigenvalue weighted by Gasteiger charge is -2.34. The summed E-state index contributed by atoms with van der Waals surface area (Å²) in [5.41, 5.74) is -0.396. The first kappa shape index (κ1) is 17.5. The number of rotatable bonds is 2. The molecule has 2 aliphatic heterocycles. The van der Waals surface area contributed by atoms with Crippen LogP contribution in [0.3, 0.4) is 0 Å². The summed E-state index contributed by atoms with van der Waals surface area (Å²) < 4.78 is 11.8. The Hall–Kier alpha value is -0.810. The fourth-order valence-electron chi connectivity index (χ4n) is 3.39. The van der Waals surface area contributed by atoms with Crippen LogP contribution in [-0.4, -0.2) is 65.9 Å². The van der Waals surface area contributed by atoms with Gasteiger partial charge in [0, 0.05) is 18.6 Å². The summed E-state index contributed by atoms with van der Waals surface area (Å²) in [6.45, 7) is 13.0. The van der Waals surface area contributed by atoms with E-state index in [4.69, 9.17) is 9.47 Å². The quantitative estimate of drug-likeness (QED) is 0.786. The predicted octanol–water partition coefficient (Wildman–Crippen LogP) is 2.89. The fraction of sp³-hybridized carbons (Fsp3) is 0.941. The average Bonchev–Trinajstić information content (AvgIpc) is 2.64. The maximum atomic E-state index is 12.6. The van der Waals surface area contributed by atoms with Crippen molar-refractivity contribution in [1.82, 2.24) is 9.80 Å². The number of carbonyl (C=O) groups is 1. The van der Waals surface area contributed by atoms with Crippen molar-refractivity contribution in [3.63, 3.8) is 0 Å². The smallest absolute Gasteiger partial charge is 0.410 e. The van der Waals surface area contributed by atoms with Gasteiger partial charge in [-0.3, -0.25) is 0 Å². The van der Waals surface area contributed by atoms with Crippen molar-refractivity contribution in [1.29, 1.82) is 0 Å². The number of piperidine rings is 1. The van der Waals surface area contributed by atoms with Crippen molar-refractivity contribution in [2.45, 2.75) is 77.2 Å². The van der Waals surface area contributed by atoms with E-state index in [0.717, 1.165) is 32.4 Å². The second kappa shape index (κ2) is 6.36. The molecule has 0 spiro atoms. The van der Waals surface area contributed by atoms with Crippen LogP contribution in [0, 0.1) is 0 Å². The molecule has 0 bridgehead atoms. The Balaban J connectivity index is 1.91. The van der Waals surface area contributed by atoms with Gasteiger partial charge in [-0.2, -0.15) is 0 Å². The van der Waals surface area contributed by atoms with Crippen LogP contribution in [-0.2, 0) is 9.47 Å². The molecule has 0 aromatic heterocycles. The first-order chi connectivity index (χ1) is 10.1. The summed E-state index contributed by atoms with van der Waals surface area (Å²) in [7, 11) is 2.11. The summed E-state index contributed by atoms with van der Waals surface area (Å²) in [4.78, 5) is 16.7. The summed E-state index contributed by atoms with van der Waals surface area (Å²) >= 11 is 0. The zero-order chi connectivity index (χ0) is 16.5. The monoisotopic (exact) mass is 312 g/mol. The molecule has 1 unspecified atom stereocenters. The molecule has 2 fully saturated rings. The Kier molecular flexibility index (Phi) is 5.07. The van der Waals surface area contributed by atoms with Crippen LogP contribution in [0.25, 0.3) is 0 Å². The van der Waals surface area contributed by atoms with Crippen molar-refractivity contribution in [2.24, 2.45) is 0 Å². The second-order valence-electron chi connectivity index (χ2n) is 8.37. The minimum atomic E-state index is -0.210. The Bertz CT molecular complexity index is 395. The molecule has 2 rings (SSSR count). The molecular formula is C17H32N2O3. The number of hydrogen-bond donors (Lipinski definition) is 0. The average molecular weight is 312 g/mol. The van der Waals surface area contributed by atoms with Crippen molar-refractivity contribution in [2.75, 3.05) is 26.7 Å². The van der Waals surface area contributed by atoms with Gasteiger partial charge in [-0.25, -0.2) is 4.79 Å². The predicted molar refractivity (Wildman–Crippen MR) is 87.0 cm³/mol. The standard InChI is InChI=1S/C17H32N2O3/c1-16(2,3)22-14-11-17(4,5)19(12-14)15(20)21-13-7-9-18(6)10-8-13/h13-14H,7-12H2,1-6H3. The highest BCUT2D eigenvalue weighted by molar-refractivity contribution is 5.69. The van der Waals surface area contributed by atoms with Crippen LogP contribution in [0.5, 0.6) is 0 Å². The van der Waals surface area contributed by atoms with E-state index in [1.165, 1.54) is 0 Å². The van der Waals surface area contributed by atoms with Gasteiger partial charge in [0.2, 0.25) is 0 Å². The minimum Gasteiger partial charge on any atom is -0.446 e. The topological polar surface area (TPSA) is 42.0 Å². The molecule has 2 heterocycles. The second-order valence-corrected chi connectivity index (χ2v) is 8.37. The molecule has 22 heavy (non-hydrogen) atoms. The molecular weight excluding hydrogens is 280 g/mol. The molecule has 0 aromatic carbocycles. The van der Waals surface area contributed by atoms with E-state index in [1.54, 1.807) is 0 Å². The summed E-state index contributed by atoms with van der Waals surface area (Å²) in [5, 5.41) is 0. The molecule has 0 saturated carbocycles. The van der Waals surface area contributed by atoms with Gasteiger partial charge in [-0.05, 0) is 60.9 Å². The van der Waals surface area contributed by atoms with Gasteiger partial charge in [-0.1, -0.05) is 0 Å². The Morgan fingerprint density at radius 1 is 1.14 bits per heavy atom. The van der Waals surface area contributed by atoms with E-state index in [1.807, 2.05) is 4.90 Å². The van der Waals surface area contributed by atoms with Crippen molar-refractivity contribution in [3.05, 3.63) is 0 Å². The summed E-state index contributed by atoms with van der Waals surface area (Å²) in [6.07, 6.45) is 2.67. The number of hydrogen-bond acceptors (Lipinski definition) is 4. The van der Waals surface area contributed by atoms with Crippen LogP contribution < -0.4 is 0 Å². The van der Waals surface area contributed by atoms with Gasteiger partial charge in [0.15, 0.2) is 0 Å². The molecule has 0 N–H and O–H groups in total. The number of likely N-dealkylation sites (tertiary alicyclic amines) is 2. The lowest BCUT2D eigenvalue weighted by Crippen LogP contribution is -2.45. The van der Waals surface area contributed by atoms with E-state index in [0.29, 0.717) is 6.54 Å². The van der Waals surface area contributed by atoms with Gasteiger partial charge >= 0.3 is 6.09 Å². The summed E-state index contributed by atoms with van der Waals surface area (Å²) in [6, 6.07) is 0. The third-order valence-electron chi connectivity index (χ3n) is 4.52. The number of amides is 1. The zero-order valence-electron chi connectivity index (χ0n) is 15.0. The largest absolute Gasteiger partial charge is 0.446 e. The van der Waals surface area contributed by atoms with Gasteiger partial charge < -0.3 is 19.3 Å². The van der Waals surface area contributed by atoms with Gasteiger partial charge in [0.25, 0.3) is 0 Å². The third-order valence-corrected chi connectivity index (χ3v) is 4.52. The SMILES string of the molecule is CN1CCC(OC(=O)N2CC(OC(C)(C)C)CC2(C)C)CC1. The first-order valence-electron chi connectivity index (χ1n) is 8.41. The van der Waals surface area contributed by atoms with Crippen LogP contribution in [0.15, 0.2) is 0 Å². The molecule has 2 saturated heterocycles. The lowest BCUT2D eigenvalue weighted by atomic mass is 10.0. The van der Waals surface area contributed by atoms with Crippen molar-refractivity contribution in [3.8, 4) is 0 Å². The van der Waals surface area contributed by atoms with E-state index in [-0.39, 0.29) is 29.4 Å². The number of nitrogens with zero attached hydrogens (tertiary/aromatic N) is 2. The lowest BCUT2D eigenvalue weighted by molar-refractivity contribution is -0.0547. The highest BCUT2D eigenvalue weighted by atomic mass is 16.6. The summed E-state index contributed by atoms with van der Waals surface area (Å²) in [5.74, 6) is 0. The van der Waals surface area contributed by atoms with E-state index in [2.05, 4.69) is 46.6 Å². The molecule has 0 aromatic rings. The maximum absolute atomic E-state index is 12.6. The highest BCUT2D eigenvalue weighted by Gasteiger charge is 2.44. The van der Waals surface area contributed by atoms with Crippen LogP contribution in [0.4, 0.5) is 4.79 Å². The Labute approximate surface area is 134 Å². The maximum Gasteiger partial charge on any atom is 0.410 e. The van der Waals surface area contributed by atoms with Gasteiger partial charge in [-0.15, -0.1) is 0 Å². The molecule has 1 atom stereocenters. The minimum absolute atomic E-state index is 0.0575. The molecule has 2 aliphatic rings. The zero-order valence-corrected chi connectivity index (χ0v) is 15.0. The van der Waals surface area contributed by atoms with E-state index in [9.17, 15) is 4.79 Å². The molecule has 5 heteroatoms. The Morgan fingerprint density at radius 3 is 2.27 bits per heavy atom. The molecule has 1 amide bonds. The van der Waals surface area contributed by atoms with Gasteiger partial charge in [0.1, 0.15) is 6.10 Å². The number of carbonyl (C=O) groups excluding carboxylic acids is 1. The van der Waals surface area contributed by atoms with Crippen molar-refractivity contribution < 1.29 is 14.3 Å². The van der Waals surface area contributed by atoms with E-state index < -0.39 is 0 Å². The Morgan fingerprint density at radius 2 is 1.73 bits per heavy atom. The molecule has 0 aliphatic carbocycles. The van der Waals surface area contributed by atoms with Crippen LogP contribution in [0.2, 0.25) is 0 Å². The molecule has 128 valence electrons. The normalized spacial score (nSPS) is 27.2. The fourth-order valence-corrected chi connectivity index (χ4v) is 3.39. The van der Waals surface area contributed by atoms with Crippen LogP contribution in [0.1, 0.15) is 53.9 Å². The van der Waals surface area contributed by atoms with Gasteiger partial charge in [0.05, 0.1) is 18.2 Å². The van der Waals surface area contributed by atoms with E-state index >= 15 is 0 Å². The van der Waals surface area contributed by atoms with Crippen molar-refractivity contribution >= 4 is 6.09 Å². The van der Waals surface area contributed by atoms with Crippen LogP contribution >= 0.6 is 0 Å².